The highest BCUT2D eigenvalue weighted by Crippen LogP contribution is 2.25. The van der Waals surface area contributed by atoms with Gasteiger partial charge in [0.05, 0.1) is 6.10 Å². The van der Waals surface area contributed by atoms with Crippen molar-refractivity contribution in [1.29, 1.82) is 0 Å². The summed E-state index contributed by atoms with van der Waals surface area (Å²) in [5, 5.41) is 12.1. The van der Waals surface area contributed by atoms with Crippen LogP contribution in [-0.4, -0.2) is 30.2 Å². The Labute approximate surface area is 120 Å². The molecule has 20 heavy (non-hydrogen) atoms. The highest BCUT2D eigenvalue weighted by Gasteiger charge is 2.13. The Morgan fingerprint density at radius 1 is 1.40 bits per heavy atom. The van der Waals surface area contributed by atoms with Gasteiger partial charge in [0.25, 0.3) is 0 Å². The van der Waals surface area contributed by atoms with Crippen molar-refractivity contribution in [1.82, 2.24) is 0 Å². The zero-order valence-corrected chi connectivity index (χ0v) is 12.4. The quantitative estimate of drug-likeness (QED) is 0.869. The van der Waals surface area contributed by atoms with Gasteiger partial charge in [-0.1, -0.05) is 0 Å². The summed E-state index contributed by atoms with van der Waals surface area (Å²) >= 11 is 0. The third-order valence-electron chi connectivity index (χ3n) is 3.74. The maximum atomic E-state index is 11.8. The third kappa shape index (κ3) is 3.97. The fourth-order valence-electron chi connectivity index (χ4n) is 2.51. The van der Waals surface area contributed by atoms with Gasteiger partial charge < -0.3 is 15.3 Å². The Hall–Kier alpha value is -1.55. The van der Waals surface area contributed by atoms with Gasteiger partial charge >= 0.3 is 0 Å². The first-order valence-electron chi connectivity index (χ1n) is 7.40. The number of amides is 1. The van der Waals surface area contributed by atoms with E-state index < -0.39 is 6.10 Å². The van der Waals surface area contributed by atoms with Gasteiger partial charge in [-0.3, -0.25) is 4.79 Å². The molecular weight excluding hydrogens is 252 g/mol. The number of hydrogen-bond acceptors (Lipinski definition) is 3. The number of carbonyl (C=O) groups excluding carboxylic acids is 1. The van der Waals surface area contributed by atoms with Gasteiger partial charge in [0.2, 0.25) is 5.91 Å². The van der Waals surface area contributed by atoms with Gasteiger partial charge in [0.15, 0.2) is 0 Å². The highest BCUT2D eigenvalue weighted by atomic mass is 16.3. The lowest BCUT2D eigenvalue weighted by atomic mass is 10.1. The van der Waals surface area contributed by atoms with Crippen LogP contribution in [0.3, 0.4) is 0 Å². The van der Waals surface area contributed by atoms with Crippen LogP contribution in [0.15, 0.2) is 18.2 Å². The Balaban J connectivity index is 1.97. The van der Waals surface area contributed by atoms with Crippen LogP contribution in [0.5, 0.6) is 0 Å². The van der Waals surface area contributed by atoms with Crippen LogP contribution in [0.25, 0.3) is 0 Å². The third-order valence-corrected chi connectivity index (χ3v) is 3.74. The number of rotatable bonds is 5. The molecule has 1 fully saturated rings. The molecule has 110 valence electrons. The summed E-state index contributed by atoms with van der Waals surface area (Å²) in [4.78, 5) is 14.2. The molecule has 4 heteroatoms. The van der Waals surface area contributed by atoms with Crippen molar-refractivity contribution in [2.24, 2.45) is 0 Å². The molecule has 4 nitrogen and oxygen atoms in total. The summed E-state index contributed by atoms with van der Waals surface area (Å²) in [5.41, 5.74) is 3.19. The molecule has 0 spiro atoms. The molecule has 1 aliphatic rings. The molecule has 0 saturated carbocycles. The molecule has 1 atom stereocenters. The Bertz CT molecular complexity index is 466. The number of nitrogens with one attached hydrogen (secondary N) is 1. The van der Waals surface area contributed by atoms with Crippen LogP contribution in [-0.2, 0) is 4.79 Å². The van der Waals surface area contributed by atoms with Crippen molar-refractivity contribution < 1.29 is 9.90 Å². The van der Waals surface area contributed by atoms with E-state index >= 15 is 0 Å². The van der Waals surface area contributed by atoms with Crippen molar-refractivity contribution >= 4 is 17.3 Å². The second kappa shape index (κ2) is 6.75. The van der Waals surface area contributed by atoms with Gasteiger partial charge in [-0.05, 0) is 56.9 Å². The molecule has 2 N–H and O–H groups in total. The first-order chi connectivity index (χ1) is 9.56. The number of aliphatic hydroxyl groups excluding tert-OH is 1. The molecule has 1 aromatic carbocycles. The van der Waals surface area contributed by atoms with E-state index in [0.29, 0.717) is 12.8 Å². The monoisotopic (exact) mass is 276 g/mol. The predicted octanol–water partition coefficient (Wildman–Crippen LogP) is 2.69. The van der Waals surface area contributed by atoms with E-state index in [9.17, 15) is 9.90 Å². The lowest BCUT2D eigenvalue weighted by molar-refractivity contribution is -0.116. The first kappa shape index (κ1) is 14.9. The number of anilines is 2. The SMILES string of the molecule is Cc1cc(N2CCCC2)ccc1NC(=O)CCC(C)O. The first-order valence-corrected chi connectivity index (χ1v) is 7.40. The second-order valence-corrected chi connectivity index (χ2v) is 5.63. The number of benzene rings is 1. The van der Waals surface area contributed by atoms with E-state index in [0.717, 1.165) is 24.3 Å². The van der Waals surface area contributed by atoms with Crippen molar-refractivity contribution in [3.8, 4) is 0 Å². The maximum absolute atomic E-state index is 11.8. The Morgan fingerprint density at radius 3 is 2.70 bits per heavy atom. The average Bonchev–Trinajstić information content (AvgIpc) is 2.92. The van der Waals surface area contributed by atoms with Gasteiger partial charge in [0, 0.05) is 30.9 Å². The number of aliphatic hydroxyl groups is 1. The van der Waals surface area contributed by atoms with Gasteiger partial charge in [-0.25, -0.2) is 0 Å². The molecule has 1 aliphatic heterocycles. The van der Waals surface area contributed by atoms with E-state index in [2.05, 4.69) is 22.3 Å². The van der Waals surface area contributed by atoms with Crippen LogP contribution in [0, 0.1) is 6.92 Å². The number of hydrogen-bond donors (Lipinski definition) is 2. The molecular formula is C16H24N2O2. The van der Waals surface area contributed by atoms with Crippen molar-refractivity contribution in [2.75, 3.05) is 23.3 Å². The van der Waals surface area contributed by atoms with E-state index in [4.69, 9.17) is 0 Å². The lowest BCUT2D eigenvalue weighted by Gasteiger charge is -2.19. The van der Waals surface area contributed by atoms with Crippen molar-refractivity contribution in [3.05, 3.63) is 23.8 Å². The summed E-state index contributed by atoms with van der Waals surface area (Å²) < 4.78 is 0. The van der Waals surface area contributed by atoms with Crippen LogP contribution in [0.4, 0.5) is 11.4 Å². The lowest BCUT2D eigenvalue weighted by Crippen LogP contribution is -2.18. The highest BCUT2D eigenvalue weighted by molar-refractivity contribution is 5.91. The molecule has 1 amide bonds. The van der Waals surface area contributed by atoms with Gasteiger partial charge in [-0.2, -0.15) is 0 Å². The number of nitrogens with zero attached hydrogens (tertiary/aromatic N) is 1. The van der Waals surface area contributed by atoms with E-state index in [1.165, 1.54) is 18.5 Å². The number of aryl methyl sites for hydroxylation is 1. The minimum atomic E-state index is -0.431. The van der Waals surface area contributed by atoms with Crippen LogP contribution in [0.1, 0.15) is 38.2 Å². The summed E-state index contributed by atoms with van der Waals surface area (Å²) in [6.45, 7) is 5.96. The molecule has 1 aromatic rings. The predicted molar refractivity (Wildman–Crippen MR) is 82.2 cm³/mol. The molecule has 1 heterocycles. The average molecular weight is 276 g/mol. The smallest absolute Gasteiger partial charge is 0.224 e. The van der Waals surface area contributed by atoms with Crippen molar-refractivity contribution in [2.45, 2.75) is 45.6 Å². The van der Waals surface area contributed by atoms with Crippen LogP contribution in [0.2, 0.25) is 0 Å². The van der Waals surface area contributed by atoms with E-state index in [1.54, 1.807) is 6.92 Å². The standard InChI is InChI=1S/C16H24N2O2/c1-12-11-14(18-9-3-4-10-18)6-7-15(12)17-16(20)8-5-13(2)19/h6-7,11,13,19H,3-5,8-10H2,1-2H3,(H,17,20). The summed E-state index contributed by atoms with van der Waals surface area (Å²) in [6.07, 6.45) is 2.94. The van der Waals surface area contributed by atoms with Gasteiger partial charge in [-0.15, -0.1) is 0 Å². The fraction of sp³-hybridized carbons (Fsp3) is 0.562. The normalized spacial score (nSPS) is 16.2. The zero-order valence-electron chi connectivity index (χ0n) is 12.4. The molecule has 1 saturated heterocycles. The molecule has 1 unspecified atom stereocenters. The largest absolute Gasteiger partial charge is 0.393 e. The minimum Gasteiger partial charge on any atom is -0.393 e. The Kier molecular flexibility index (Phi) is 5.01. The Morgan fingerprint density at radius 2 is 2.10 bits per heavy atom. The second-order valence-electron chi connectivity index (χ2n) is 5.63. The van der Waals surface area contributed by atoms with E-state index in [-0.39, 0.29) is 5.91 Å². The molecule has 0 bridgehead atoms. The van der Waals surface area contributed by atoms with E-state index in [1.807, 2.05) is 13.0 Å². The molecule has 0 radical (unpaired) electrons. The topological polar surface area (TPSA) is 52.6 Å². The molecule has 0 aromatic heterocycles. The summed E-state index contributed by atoms with van der Waals surface area (Å²) in [6, 6.07) is 6.18. The number of carbonyl (C=O) groups is 1. The summed E-state index contributed by atoms with van der Waals surface area (Å²) in [7, 11) is 0. The maximum Gasteiger partial charge on any atom is 0.224 e. The molecule has 2 rings (SSSR count). The van der Waals surface area contributed by atoms with Crippen LogP contribution >= 0.6 is 0 Å². The fourth-order valence-corrected chi connectivity index (χ4v) is 2.51. The zero-order chi connectivity index (χ0) is 14.5. The van der Waals surface area contributed by atoms with Crippen molar-refractivity contribution in [3.63, 3.8) is 0 Å². The van der Waals surface area contributed by atoms with Crippen LogP contribution < -0.4 is 10.2 Å². The minimum absolute atomic E-state index is 0.0390. The molecule has 0 aliphatic carbocycles. The summed E-state index contributed by atoms with van der Waals surface area (Å²) in [5.74, 6) is -0.0390. The van der Waals surface area contributed by atoms with Gasteiger partial charge in [0.1, 0.15) is 0 Å².